The third kappa shape index (κ3) is 7.84. The van der Waals surface area contributed by atoms with Crippen LogP contribution in [0.3, 0.4) is 0 Å². The summed E-state index contributed by atoms with van der Waals surface area (Å²) in [5.74, 6) is 2.92. The van der Waals surface area contributed by atoms with Crippen molar-refractivity contribution in [2.45, 2.75) is 33.5 Å². The van der Waals surface area contributed by atoms with E-state index in [0.29, 0.717) is 0 Å². The van der Waals surface area contributed by atoms with Crippen LogP contribution in [0, 0.1) is 18.4 Å². The summed E-state index contributed by atoms with van der Waals surface area (Å²) in [5.41, 5.74) is 10.7. The predicted molar refractivity (Wildman–Crippen MR) is 72.4 cm³/mol. The molecule has 0 bridgehead atoms. The summed E-state index contributed by atoms with van der Waals surface area (Å²) in [5, 5.41) is 0. The van der Waals surface area contributed by atoms with E-state index in [1.807, 2.05) is 38.1 Å². The second-order valence-corrected chi connectivity index (χ2v) is 9.23. The maximum atomic E-state index is 5.52. The minimum atomic E-state index is -1.02. The number of hydrogen-bond donors (Lipinski definition) is 1. The summed E-state index contributed by atoms with van der Waals surface area (Å²) in [7, 11) is -1.02. The lowest BCUT2D eigenvalue weighted by Crippen LogP contribution is -2.15. The number of benzene rings is 1. The minimum Gasteiger partial charge on any atom is -0.399 e. The van der Waals surface area contributed by atoms with Crippen LogP contribution in [0.5, 0.6) is 0 Å². The maximum Gasteiger partial charge on any atom is 0.129 e. The molecule has 0 aliphatic carbocycles. The van der Waals surface area contributed by atoms with Gasteiger partial charge in [0.2, 0.25) is 0 Å². The molecule has 0 fully saturated rings. The molecule has 2 N–H and O–H groups in total. The lowest BCUT2D eigenvalue weighted by atomic mass is 10.2. The highest BCUT2D eigenvalue weighted by atomic mass is 28.3. The van der Waals surface area contributed by atoms with Crippen molar-refractivity contribution in [2.75, 3.05) is 5.73 Å². The number of nitrogen functional groups attached to an aromatic ring is 1. The van der Waals surface area contributed by atoms with Crippen LogP contribution in [-0.2, 0) is 0 Å². The average molecular weight is 219 g/mol. The van der Waals surface area contributed by atoms with Gasteiger partial charge in [0, 0.05) is 5.69 Å². The topological polar surface area (TPSA) is 26.0 Å². The van der Waals surface area contributed by atoms with E-state index in [2.05, 4.69) is 31.1 Å². The van der Waals surface area contributed by atoms with Gasteiger partial charge >= 0.3 is 0 Å². The smallest absolute Gasteiger partial charge is 0.129 e. The van der Waals surface area contributed by atoms with Crippen LogP contribution in [0.1, 0.15) is 12.5 Å². The molecule has 0 unspecified atom stereocenters. The highest BCUT2D eigenvalue weighted by molar-refractivity contribution is 6.83. The Bertz CT molecular complexity index is 332. The molecule has 0 aliphatic heterocycles. The Balaban J connectivity index is 0.000000265. The molecule has 0 heterocycles. The van der Waals surface area contributed by atoms with Crippen LogP contribution < -0.4 is 5.73 Å². The van der Waals surface area contributed by atoms with E-state index in [4.69, 9.17) is 5.73 Å². The molecule has 1 rings (SSSR count). The number of para-hydroxylation sites is 1. The highest BCUT2D eigenvalue weighted by Crippen LogP contribution is 2.06. The van der Waals surface area contributed by atoms with Crippen molar-refractivity contribution in [3.05, 3.63) is 29.8 Å². The molecule has 0 saturated carbocycles. The van der Waals surface area contributed by atoms with Gasteiger partial charge in [0.1, 0.15) is 8.07 Å². The zero-order valence-electron chi connectivity index (χ0n) is 10.4. The Labute approximate surface area is 94.7 Å². The number of aryl methyl sites for hydroxylation is 1. The number of nitrogens with two attached hydrogens (primary N) is 1. The van der Waals surface area contributed by atoms with Crippen molar-refractivity contribution in [1.29, 1.82) is 0 Å². The normalized spacial score (nSPS) is 9.40. The predicted octanol–water partition coefficient (Wildman–Crippen LogP) is 3.46. The van der Waals surface area contributed by atoms with Gasteiger partial charge in [-0.3, -0.25) is 0 Å². The molecule has 0 radical (unpaired) electrons. The molecule has 82 valence electrons. The molecule has 0 atom stereocenters. The van der Waals surface area contributed by atoms with Crippen molar-refractivity contribution in [3.8, 4) is 11.5 Å². The molecule has 0 saturated heterocycles. The molecule has 2 heteroatoms. The first-order valence-corrected chi connectivity index (χ1v) is 8.62. The Hall–Kier alpha value is -1.20. The minimum absolute atomic E-state index is 0.868. The zero-order chi connectivity index (χ0) is 11.9. The lowest BCUT2D eigenvalue weighted by Gasteiger charge is -2.01. The third-order valence-corrected chi connectivity index (χ3v) is 2.69. The van der Waals surface area contributed by atoms with E-state index < -0.39 is 8.07 Å². The fourth-order valence-electron chi connectivity index (χ4n) is 0.962. The summed E-state index contributed by atoms with van der Waals surface area (Å²) in [6, 6.07) is 7.80. The first-order chi connectivity index (χ1) is 6.87. The molecule has 0 aliphatic rings. The number of rotatable bonds is 0. The molecule has 0 amide bonds. The molecule has 15 heavy (non-hydrogen) atoms. The van der Waals surface area contributed by atoms with E-state index in [1.165, 1.54) is 0 Å². The van der Waals surface area contributed by atoms with Gasteiger partial charge in [-0.1, -0.05) is 37.8 Å². The second-order valence-electron chi connectivity index (χ2n) is 4.48. The Morgan fingerprint density at radius 2 is 1.67 bits per heavy atom. The quantitative estimate of drug-likeness (QED) is 0.403. The SMILES string of the molecule is CC#C[Si](C)(C)C.Cc1ccccc1N. The summed E-state index contributed by atoms with van der Waals surface area (Å²) in [6.45, 7) is 10.6. The van der Waals surface area contributed by atoms with Gasteiger partial charge in [0.15, 0.2) is 0 Å². The van der Waals surface area contributed by atoms with E-state index in [-0.39, 0.29) is 0 Å². The van der Waals surface area contributed by atoms with E-state index in [1.54, 1.807) is 0 Å². The van der Waals surface area contributed by atoms with Crippen LogP contribution in [0.2, 0.25) is 19.6 Å². The Morgan fingerprint density at radius 3 is 1.87 bits per heavy atom. The van der Waals surface area contributed by atoms with Crippen molar-refractivity contribution in [1.82, 2.24) is 0 Å². The van der Waals surface area contributed by atoms with Crippen LogP contribution in [0.15, 0.2) is 24.3 Å². The van der Waals surface area contributed by atoms with E-state index >= 15 is 0 Å². The molecule has 1 aromatic rings. The summed E-state index contributed by atoms with van der Waals surface area (Å²) in [4.78, 5) is 0. The zero-order valence-corrected chi connectivity index (χ0v) is 11.4. The summed E-state index contributed by atoms with van der Waals surface area (Å²) >= 11 is 0. The van der Waals surface area contributed by atoms with Gasteiger partial charge < -0.3 is 5.73 Å². The Morgan fingerprint density at radius 1 is 1.13 bits per heavy atom. The monoisotopic (exact) mass is 219 g/mol. The van der Waals surface area contributed by atoms with Crippen LogP contribution in [0.4, 0.5) is 5.69 Å². The number of hydrogen-bond acceptors (Lipinski definition) is 1. The lowest BCUT2D eigenvalue weighted by molar-refractivity contribution is 1.47. The first kappa shape index (κ1) is 13.8. The van der Waals surface area contributed by atoms with E-state index in [9.17, 15) is 0 Å². The third-order valence-electron chi connectivity index (χ3n) is 1.69. The summed E-state index contributed by atoms with van der Waals surface area (Å²) in [6.07, 6.45) is 0. The maximum absolute atomic E-state index is 5.52. The molecule has 0 spiro atoms. The fraction of sp³-hybridized carbons (Fsp3) is 0.385. The standard InChI is InChI=1S/C7H9N.C6H12Si/c1-6-4-2-3-5-7(6)8;1-5-6-7(2,3)4/h2-5H,8H2,1H3;1-4H3. The van der Waals surface area contributed by atoms with Gasteiger partial charge in [0.25, 0.3) is 0 Å². The Kier molecular flexibility index (Phi) is 5.81. The van der Waals surface area contributed by atoms with Gasteiger partial charge in [-0.2, -0.15) is 0 Å². The van der Waals surface area contributed by atoms with Crippen molar-refractivity contribution in [2.24, 2.45) is 0 Å². The van der Waals surface area contributed by atoms with Crippen molar-refractivity contribution in [3.63, 3.8) is 0 Å². The average Bonchev–Trinajstić information content (AvgIpc) is 2.09. The number of anilines is 1. The van der Waals surface area contributed by atoms with Crippen LogP contribution >= 0.6 is 0 Å². The molecular formula is C13H21NSi. The van der Waals surface area contributed by atoms with Gasteiger partial charge in [-0.05, 0) is 25.5 Å². The fourth-order valence-corrected chi connectivity index (χ4v) is 1.71. The molecule has 0 aromatic heterocycles. The van der Waals surface area contributed by atoms with Gasteiger partial charge in [-0.15, -0.1) is 11.5 Å². The van der Waals surface area contributed by atoms with Crippen molar-refractivity contribution < 1.29 is 0 Å². The van der Waals surface area contributed by atoms with E-state index in [0.717, 1.165) is 11.3 Å². The largest absolute Gasteiger partial charge is 0.399 e. The highest BCUT2D eigenvalue weighted by Gasteiger charge is 2.06. The molecular weight excluding hydrogens is 198 g/mol. The first-order valence-electron chi connectivity index (χ1n) is 5.12. The van der Waals surface area contributed by atoms with Gasteiger partial charge in [-0.25, -0.2) is 0 Å². The molecule has 1 nitrogen and oxygen atoms in total. The second kappa shape index (κ2) is 6.31. The van der Waals surface area contributed by atoms with Crippen LogP contribution in [-0.4, -0.2) is 8.07 Å². The molecule has 1 aromatic carbocycles. The van der Waals surface area contributed by atoms with Crippen LogP contribution in [0.25, 0.3) is 0 Å². The van der Waals surface area contributed by atoms with Crippen molar-refractivity contribution >= 4 is 13.8 Å². The van der Waals surface area contributed by atoms with Gasteiger partial charge in [0.05, 0.1) is 0 Å². The summed E-state index contributed by atoms with van der Waals surface area (Å²) < 4.78 is 0.